The van der Waals surface area contributed by atoms with E-state index in [1.54, 1.807) is 0 Å². The largest absolute Gasteiger partial charge is 0.459 e. The molecule has 0 radical (unpaired) electrons. The van der Waals surface area contributed by atoms with Crippen LogP contribution in [0.1, 0.15) is 12.8 Å². The minimum atomic E-state index is 0.242. The summed E-state index contributed by atoms with van der Waals surface area (Å²) in [6.07, 6.45) is 3.95. The maximum absolute atomic E-state index is 5.50. The van der Waals surface area contributed by atoms with Gasteiger partial charge in [0, 0.05) is 6.54 Å². The molecule has 0 aromatic carbocycles. The molecule has 1 aromatic heterocycles. The molecule has 12 heavy (non-hydrogen) atoms. The van der Waals surface area contributed by atoms with Gasteiger partial charge in [-0.3, -0.25) is 0 Å². The number of nitrogens with one attached hydrogen (secondary N) is 2. The van der Waals surface area contributed by atoms with E-state index in [1.807, 2.05) is 0 Å². The zero-order valence-electron chi connectivity index (χ0n) is 6.79. The fourth-order valence-corrected chi connectivity index (χ4v) is 1.33. The summed E-state index contributed by atoms with van der Waals surface area (Å²) in [5.74, 6) is 0. The van der Waals surface area contributed by atoms with Crippen molar-refractivity contribution in [1.29, 1.82) is 0 Å². The molecular weight excluding hydrogens is 156 g/mol. The van der Waals surface area contributed by atoms with Gasteiger partial charge >= 0.3 is 6.01 Å². The summed E-state index contributed by atoms with van der Waals surface area (Å²) in [7, 11) is 0. The Hall–Kier alpha value is -1.10. The first-order valence-corrected chi connectivity index (χ1v) is 4.18. The number of hydrogen-bond donors (Lipinski definition) is 2. The number of rotatable bonds is 2. The van der Waals surface area contributed by atoms with Gasteiger partial charge in [0.05, 0.1) is 0 Å². The van der Waals surface area contributed by atoms with Crippen LogP contribution in [0.5, 0.6) is 6.01 Å². The molecule has 1 fully saturated rings. The van der Waals surface area contributed by atoms with Crippen LogP contribution < -0.4 is 10.1 Å². The molecule has 1 aromatic rings. The molecule has 1 saturated heterocycles. The molecule has 1 aliphatic heterocycles. The van der Waals surface area contributed by atoms with Crippen molar-refractivity contribution in [3.8, 4) is 6.01 Å². The Morgan fingerprint density at radius 3 is 3.25 bits per heavy atom. The molecule has 0 amide bonds. The minimum Gasteiger partial charge on any atom is -0.459 e. The van der Waals surface area contributed by atoms with Crippen LogP contribution in [0.4, 0.5) is 0 Å². The predicted octanol–water partition coefficient (Wildman–Crippen LogP) is -0.0645. The van der Waals surface area contributed by atoms with Crippen molar-refractivity contribution in [1.82, 2.24) is 20.5 Å². The van der Waals surface area contributed by atoms with Crippen LogP contribution in [0.2, 0.25) is 0 Å². The third-order valence-corrected chi connectivity index (χ3v) is 1.92. The van der Waals surface area contributed by atoms with E-state index in [2.05, 4.69) is 20.5 Å². The summed E-state index contributed by atoms with van der Waals surface area (Å²) >= 11 is 0. The average molecular weight is 168 g/mol. The molecule has 1 unspecified atom stereocenters. The predicted molar refractivity (Wildman–Crippen MR) is 42.9 cm³/mol. The second kappa shape index (κ2) is 3.53. The number of hydrogen-bond acceptors (Lipinski definition) is 4. The summed E-state index contributed by atoms with van der Waals surface area (Å²) < 4.78 is 5.50. The van der Waals surface area contributed by atoms with Crippen LogP contribution in [0.25, 0.3) is 0 Å². The fraction of sp³-hybridized carbons (Fsp3) is 0.714. The number of ether oxygens (including phenoxy) is 1. The van der Waals surface area contributed by atoms with Gasteiger partial charge < -0.3 is 10.1 Å². The summed E-state index contributed by atoms with van der Waals surface area (Å²) in [5, 5.41) is 9.64. The van der Waals surface area contributed by atoms with Gasteiger partial charge in [-0.25, -0.2) is 5.10 Å². The van der Waals surface area contributed by atoms with E-state index in [0.717, 1.165) is 19.5 Å². The first-order valence-electron chi connectivity index (χ1n) is 4.18. The molecule has 0 saturated carbocycles. The third-order valence-electron chi connectivity index (χ3n) is 1.92. The van der Waals surface area contributed by atoms with E-state index in [4.69, 9.17) is 4.74 Å². The maximum Gasteiger partial charge on any atom is 0.312 e. The van der Waals surface area contributed by atoms with E-state index < -0.39 is 0 Å². The Kier molecular flexibility index (Phi) is 2.22. The van der Waals surface area contributed by atoms with Crippen LogP contribution in [-0.2, 0) is 0 Å². The van der Waals surface area contributed by atoms with Gasteiger partial charge in [0.1, 0.15) is 12.4 Å². The molecule has 2 heterocycles. The summed E-state index contributed by atoms with van der Waals surface area (Å²) in [4.78, 5) is 3.89. The van der Waals surface area contributed by atoms with E-state index in [9.17, 15) is 0 Å². The van der Waals surface area contributed by atoms with Crippen LogP contribution in [-0.4, -0.2) is 34.4 Å². The van der Waals surface area contributed by atoms with Gasteiger partial charge in [-0.2, -0.15) is 10.1 Å². The highest BCUT2D eigenvalue weighted by molar-refractivity contribution is 4.88. The molecule has 1 atom stereocenters. The average Bonchev–Trinajstić information content (AvgIpc) is 2.59. The molecule has 2 N–H and O–H groups in total. The highest BCUT2D eigenvalue weighted by Gasteiger charge is 2.14. The number of aromatic amines is 1. The quantitative estimate of drug-likeness (QED) is 0.649. The molecule has 0 aliphatic carbocycles. The standard InChI is InChI=1S/C7H12N4O/c1-2-6(4-8-3-1)12-7-9-5-10-11-7/h5-6,8H,1-4H2,(H,9,10,11). The Bertz CT molecular complexity index is 217. The van der Waals surface area contributed by atoms with Gasteiger partial charge in [-0.05, 0) is 19.4 Å². The Morgan fingerprint density at radius 2 is 2.58 bits per heavy atom. The maximum atomic E-state index is 5.50. The van der Waals surface area contributed by atoms with E-state index >= 15 is 0 Å². The van der Waals surface area contributed by atoms with Crippen molar-refractivity contribution < 1.29 is 4.74 Å². The molecule has 0 bridgehead atoms. The molecule has 2 rings (SSSR count). The lowest BCUT2D eigenvalue weighted by Crippen LogP contribution is -2.37. The van der Waals surface area contributed by atoms with Gasteiger partial charge in [0.15, 0.2) is 0 Å². The van der Waals surface area contributed by atoms with Crippen LogP contribution in [0.15, 0.2) is 6.33 Å². The van der Waals surface area contributed by atoms with Gasteiger partial charge in [0.25, 0.3) is 0 Å². The summed E-state index contributed by atoms with van der Waals surface area (Å²) in [6, 6.07) is 0.517. The number of piperidine rings is 1. The lowest BCUT2D eigenvalue weighted by atomic mass is 10.1. The smallest absolute Gasteiger partial charge is 0.312 e. The van der Waals surface area contributed by atoms with E-state index in [1.165, 1.54) is 12.7 Å². The van der Waals surface area contributed by atoms with Crippen molar-refractivity contribution >= 4 is 0 Å². The van der Waals surface area contributed by atoms with Crippen molar-refractivity contribution in [2.75, 3.05) is 13.1 Å². The lowest BCUT2D eigenvalue weighted by Gasteiger charge is -2.22. The Labute approximate surface area is 70.5 Å². The number of aromatic nitrogens is 3. The van der Waals surface area contributed by atoms with Crippen LogP contribution >= 0.6 is 0 Å². The number of H-pyrrole nitrogens is 1. The highest BCUT2D eigenvalue weighted by atomic mass is 16.5. The van der Waals surface area contributed by atoms with Gasteiger partial charge in [-0.1, -0.05) is 0 Å². The molecule has 66 valence electrons. The van der Waals surface area contributed by atoms with Crippen LogP contribution in [0, 0.1) is 0 Å². The zero-order chi connectivity index (χ0) is 8.23. The summed E-state index contributed by atoms with van der Waals surface area (Å²) in [5.41, 5.74) is 0. The normalized spacial score (nSPS) is 23.8. The molecule has 1 aliphatic rings. The zero-order valence-corrected chi connectivity index (χ0v) is 6.79. The first kappa shape index (κ1) is 7.54. The monoisotopic (exact) mass is 168 g/mol. The first-order chi connectivity index (χ1) is 5.95. The second-order valence-electron chi connectivity index (χ2n) is 2.88. The summed E-state index contributed by atoms with van der Waals surface area (Å²) in [6.45, 7) is 2.00. The van der Waals surface area contributed by atoms with Crippen molar-refractivity contribution in [2.24, 2.45) is 0 Å². The number of nitrogens with zero attached hydrogens (tertiary/aromatic N) is 2. The Balaban J connectivity index is 1.86. The molecule has 0 spiro atoms. The van der Waals surface area contributed by atoms with E-state index in [-0.39, 0.29) is 6.10 Å². The second-order valence-corrected chi connectivity index (χ2v) is 2.88. The highest BCUT2D eigenvalue weighted by Crippen LogP contribution is 2.08. The van der Waals surface area contributed by atoms with Gasteiger partial charge in [-0.15, -0.1) is 0 Å². The third kappa shape index (κ3) is 1.73. The fourth-order valence-electron chi connectivity index (χ4n) is 1.33. The topological polar surface area (TPSA) is 62.8 Å². The van der Waals surface area contributed by atoms with Crippen molar-refractivity contribution in [2.45, 2.75) is 18.9 Å². The SMILES string of the molecule is c1n[nH]c(OC2CCCNC2)n1. The van der Waals surface area contributed by atoms with Crippen LogP contribution in [0.3, 0.4) is 0 Å². The Morgan fingerprint density at radius 1 is 1.58 bits per heavy atom. The van der Waals surface area contributed by atoms with Gasteiger partial charge in [0.2, 0.25) is 0 Å². The van der Waals surface area contributed by atoms with Crippen molar-refractivity contribution in [3.05, 3.63) is 6.33 Å². The molecular formula is C7H12N4O. The minimum absolute atomic E-state index is 0.242. The lowest BCUT2D eigenvalue weighted by molar-refractivity contribution is 0.154. The van der Waals surface area contributed by atoms with E-state index in [0.29, 0.717) is 6.01 Å². The molecule has 5 heteroatoms. The molecule has 5 nitrogen and oxygen atoms in total. The van der Waals surface area contributed by atoms with Crippen molar-refractivity contribution in [3.63, 3.8) is 0 Å².